The Morgan fingerprint density at radius 1 is 1.47 bits per heavy atom. The zero-order chi connectivity index (χ0) is 10.7. The molecule has 0 spiro atoms. The highest BCUT2D eigenvalue weighted by atomic mass is 16.5. The summed E-state index contributed by atoms with van der Waals surface area (Å²) in [5.74, 6) is 0.928. The fourth-order valence-electron chi connectivity index (χ4n) is 1.66. The van der Waals surface area contributed by atoms with Gasteiger partial charge in [-0.05, 0) is 24.6 Å². The fourth-order valence-corrected chi connectivity index (χ4v) is 1.66. The fraction of sp³-hybridized carbons (Fsp3) is 0.545. The van der Waals surface area contributed by atoms with E-state index in [0.717, 1.165) is 37.7 Å². The number of aliphatic hydroxyl groups excluding tert-OH is 1. The van der Waals surface area contributed by atoms with Crippen molar-refractivity contribution < 1.29 is 9.84 Å². The number of aliphatic hydroxyl groups is 1. The molecule has 1 aromatic rings. The number of nitrogens with zero attached hydrogens (tertiary/aromatic N) is 2. The van der Waals surface area contributed by atoms with Crippen LogP contribution in [0.4, 0.5) is 5.82 Å². The second kappa shape index (κ2) is 4.59. The lowest BCUT2D eigenvalue weighted by Gasteiger charge is -2.28. The molecular weight excluding hydrogens is 192 g/mol. The second-order valence-electron chi connectivity index (χ2n) is 3.72. The van der Waals surface area contributed by atoms with Gasteiger partial charge in [0.2, 0.25) is 0 Å². The molecule has 1 saturated heterocycles. The lowest BCUT2D eigenvalue weighted by atomic mass is 10.1. The van der Waals surface area contributed by atoms with Gasteiger partial charge in [0.1, 0.15) is 5.82 Å². The van der Waals surface area contributed by atoms with Crippen molar-refractivity contribution >= 4 is 5.82 Å². The molecule has 0 aromatic carbocycles. The molecule has 0 radical (unpaired) electrons. The van der Waals surface area contributed by atoms with E-state index in [4.69, 9.17) is 4.74 Å². The highest BCUT2D eigenvalue weighted by molar-refractivity contribution is 5.41. The van der Waals surface area contributed by atoms with Crippen molar-refractivity contribution in [3.8, 4) is 0 Å². The van der Waals surface area contributed by atoms with Crippen LogP contribution in [0.3, 0.4) is 0 Å². The van der Waals surface area contributed by atoms with Crippen LogP contribution in [0.2, 0.25) is 0 Å². The van der Waals surface area contributed by atoms with E-state index in [1.54, 1.807) is 13.1 Å². The summed E-state index contributed by atoms with van der Waals surface area (Å²) in [4.78, 5) is 6.48. The lowest BCUT2D eigenvalue weighted by Crippen LogP contribution is -2.36. The molecule has 0 amide bonds. The Labute approximate surface area is 89.5 Å². The van der Waals surface area contributed by atoms with Gasteiger partial charge in [-0.3, -0.25) is 0 Å². The monoisotopic (exact) mass is 208 g/mol. The van der Waals surface area contributed by atoms with E-state index in [1.807, 2.05) is 12.1 Å². The molecule has 4 heteroatoms. The first-order chi connectivity index (χ1) is 7.27. The van der Waals surface area contributed by atoms with Crippen LogP contribution in [-0.4, -0.2) is 36.4 Å². The Hall–Kier alpha value is -1.13. The number of hydrogen-bond donors (Lipinski definition) is 1. The van der Waals surface area contributed by atoms with E-state index in [2.05, 4.69) is 9.88 Å². The normalized spacial score (nSPS) is 18.9. The molecule has 2 rings (SSSR count). The predicted molar refractivity (Wildman–Crippen MR) is 57.9 cm³/mol. The number of morpholine rings is 1. The minimum absolute atomic E-state index is 0.437. The standard InChI is InChI=1S/C11H16N2O2/c1-9(14)10-2-3-12-11(8-10)13-4-6-15-7-5-13/h2-3,8-9,14H,4-7H2,1H3/t9-/m0/s1. The summed E-state index contributed by atoms with van der Waals surface area (Å²) >= 11 is 0. The minimum Gasteiger partial charge on any atom is -0.389 e. The largest absolute Gasteiger partial charge is 0.389 e. The summed E-state index contributed by atoms with van der Waals surface area (Å²) in [6.07, 6.45) is 1.31. The number of ether oxygens (including phenoxy) is 1. The van der Waals surface area contributed by atoms with Gasteiger partial charge >= 0.3 is 0 Å². The summed E-state index contributed by atoms with van der Waals surface area (Å²) in [5.41, 5.74) is 0.909. The van der Waals surface area contributed by atoms with E-state index in [9.17, 15) is 5.11 Å². The Bertz CT molecular complexity index is 322. The van der Waals surface area contributed by atoms with Crippen molar-refractivity contribution in [1.29, 1.82) is 0 Å². The maximum absolute atomic E-state index is 9.48. The molecule has 0 saturated carbocycles. The zero-order valence-corrected chi connectivity index (χ0v) is 8.89. The highest BCUT2D eigenvalue weighted by Crippen LogP contribution is 2.18. The van der Waals surface area contributed by atoms with Crippen LogP contribution < -0.4 is 4.90 Å². The summed E-state index contributed by atoms with van der Waals surface area (Å²) in [6, 6.07) is 3.78. The van der Waals surface area contributed by atoms with Crippen LogP contribution in [0.1, 0.15) is 18.6 Å². The van der Waals surface area contributed by atoms with Crippen molar-refractivity contribution in [2.45, 2.75) is 13.0 Å². The molecular formula is C11H16N2O2. The Morgan fingerprint density at radius 3 is 2.87 bits per heavy atom. The van der Waals surface area contributed by atoms with E-state index in [0.29, 0.717) is 0 Å². The molecule has 1 N–H and O–H groups in total. The van der Waals surface area contributed by atoms with E-state index in [1.165, 1.54) is 0 Å². The van der Waals surface area contributed by atoms with Gasteiger partial charge in [0.15, 0.2) is 0 Å². The predicted octanol–water partition coefficient (Wildman–Crippen LogP) is 0.972. The van der Waals surface area contributed by atoms with Crippen molar-refractivity contribution in [3.05, 3.63) is 23.9 Å². The highest BCUT2D eigenvalue weighted by Gasteiger charge is 2.13. The summed E-state index contributed by atoms with van der Waals surface area (Å²) in [5, 5.41) is 9.48. The van der Waals surface area contributed by atoms with Crippen LogP contribution in [0.15, 0.2) is 18.3 Å². The molecule has 0 aliphatic carbocycles. The van der Waals surface area contributed by atoms with Crippen LogP contribution in [0, 0.1) is 0 Å². The Balaban J connectivity index is 2.16. The average molecular weight is 208 g/mol. The van der Waals surface area contributed by atoms with Gasteiger partial charge in [-0.15, -0.1) is 0 Å². The molecule has 1 atom stereocenters. The smallest absolute Gasteiger partial charge is 0.128 e. The molecule has 15 heavy (non-hydrogen) atoms. The summed E-state index contributed by atoms with van der Waals surface area (Å²) in [6.45, 7) is 5.01. The average Bonchev–Trinajstić information content (AvgIpc) is 2.30. The third-order valence-electron chi connectivity index (χ3n) is 2.59. The first kappa shape index (κ1) is 10.4. The molecule has 1 aliphatic heterocycles. The SMILES string of the molecule is C[C@H](O)c1ccnc(N2CCOCC2)c1. The van der Waals surface area contributed by atoms with Gasteiger partial charge in [0.05, 0.1) is 19.3 Å². The van der Waals surface area contributed by atoms with E-state index in [-0.39, 0.29) is 0 Å². The van der Waals surface area contributed by atoms with Crippen LogP contribution in [-0.2, 0) is 4.74 Å². The number of hydrogen-bond acceptors (Lipinski definition) is 4. The summed E-state index contributed by atoms with van der Waals surface area (Å²) in [7, 11) is 0. The minimum atomic E-state index is -0.437. The van der Waals surface area contributed by atoms with Gasteiger partial charge < -0.3 is 14.7 Å². The third kappa shape index (κ3) is 2.46. The zero-order valence-electron chi connectivity index (χ0n) is 8.89. The molecule has 0 unspecified atom stereocenters. The summed E-state index contributed by atoms with van der Waals surface area (Å²) < 4.78 is 5.28. The molecule has 1 aromatic heterocycles. The number of rotatable bonds is 2. The Morgan fingerprint density at radius 2 is 2.20 bits per heavy atom. The van der Waals surface area contributed by atoms with E-state index >= 15 is 0 Å². The van der Waals surface area contributed by atoms with Gasteiger partial charge in [-0.2, -0.15) is 0 Å². The molecule has 2 heterocycles. The van der Waals surface area contributed by atoms with Gasteiger partial charge in [0, 0.05) is 19.3 Å². The van der Waals surface area contributed by atoms with Crippen molar-refractivity contribution in [1.82, 2.24) is 4.98 Å². The maximum Gasteiger partial charge on any atom is 0.128 e. The maximum atomic E-state index is 9.48. The molecule has 82 valence electrons. The molecule has 0 bridgehead atoms. The van der Waals surface area contributed by atoms with Crippen molar-refractivity contribution in [3.63, 3.8) is 0 Å². The lowest BCUT2D eigenvalue weighted by molar-refractivity contribution is 0.122. The molecule has 4 nitrogen and oxygen atoms in total. The van der Waals surface area contributed by atoms with Crippen LogP contribution in [0.25, 0.3) is 0 Å². The number of anilines is 1. The Kier molecular flexibility index (Phi) is 3.18. The van der Waals surface area contributed by atoms with Gasteiger partial charge in [0.25, 0.3) is 0 Å². The van der Waals surface area contributed by atoms with Gasteiger partial charge in [-0.1, -0.05) is 0 Å². The van der Waals surface area contributed by atoms with Gasteiger partial charge in [-0.25, -0.2) is 4.98 Å². The number of aromatic nitrogens is 1. The quantitative estimate of drug-likeness (QED) is 0.786. The first-order valence-corrected chi connectivity index (χ1v) is 5.24. The third-order valence-corrected chi connectivity index (χ3v) is 2.59. The van der Waals surface area contributed by atoms with Crippen LogP contribution >= 0.6 is 0 Å². The van der Waals surface area contributed by atoms with Crippen molar-refractivity contribution in [2.75, 3.05) is 31.2 Å². The first-order valence-electron chi connectivity index (χ1n) is 5.24. The topological polar surface area (TPSA) is 45.6 Å². The number of pyridine rings is 1. The molecule has 1 aliphatic rings. The second-order valence-corrected chi connectivity index (χ2v) is 3.72. The van der Waals surface area contributed by atoms with Crippen molar-refractivity contribution in [2.24, 2.45) is 0 Å². The molecule has 1 fully saturated rings. The van der Waals surface area contributed by atoms with E-state index < -0.39 is 6.10 Å². The van der Waals surface area contributed by atoms with Crippen LogP contribution in [0.5, 0.6) is 0 Å².